The minimum Gasteiger partial charge on any atom is -0.457 e. The highest BCUT2D eigenvalue weighted by Crippen LogP contribution is 2.33. The molecule has 7 heteroatoms. The van der Waals surface area contributed by atoms with E-state index in [1.54, 1.807) is 13.4 Å². The monoisotopic (exact) mass is 405 g/mol. The number of nitrogens with one attached hydrogen (secondary N) is 1. The number of nitrogens with zero attached hydrogens (tertiary/aromatic N) is 2. The molecule has 110 valence electrons. The topological polar surface area (TPSA) is 52.2 Å². The lowest BCUT2D eigenvalue weighted by Crippen LogP contribution is -2.26. The molecule has 5 nitrogen and oxygen atoms in total. The van der Waals surface area contributed by atoms with Gasteiger partial charge in [0.05, 0.1) is 41.8 Å². The molecular weight excluding hydrogens is 390 g/mol. The van der Waals surface area contributed by atoms with Crippen LogP contribution in [0.5, 0.6) is 0 Å². The summed E-state index contributed by atoms with van der Waals surface area (Å²) >= 11 is 7.03. The molecule has 0 spiro atoms. The third kappa shape index (κ3) is 3.33. The molecule has 0 fully saturated rings. The van der Waals surface area contributed by atoms with E-state index in [1.165, 1.54) is 0 Å². The van der Waals surface area contributed by atoms with Gasteiger partial charge in [-0.2, -0.15) is 5.10 Å². The molecule has 0 saturated carbocycles. The van der Waals surface area contributed by atoms with Gasteiger partial charge < -0.3 is 14.5 Å². The van der Waals surface area contributed by atoms with Crippen LogP contribution in [-0.4, -0.2) is 30.0 Å². The predicted octanol–water partition coefficient (Wildman–Crippen LogP) is 3.35. The molecule has 0 radical (unpaired) electrons. The molecule has 0 aliphatic heterocycles. The van der Waals surface area contributed by atoms with Crippen molar-refractivity contribution in [3.05, 3.63) is 38.9 Å². The Morgan fingerprint density at radius 2 is 2.30 bits per heavy atom. The quantitative estimate of drug-likeness (QED) is 0.765. The van der Waals surface area contributed by atoms with Crippen molar-refractivity contribution in [2.24, 2.45) is 0 Å². The van der Waals surface area contributed by atoms with Gasteiger partial charge in [0.1, 0.15) is 0 Å². The minimum absolute atomic E-state index is 0.00172. The summed E-state index contributed by atoms with van der Waals surface area (Å²) in [4.78, 5) is 0. The predicted molar refractivity (Wildman–Crippen MR) is 83.7 cm³/mol. The van der Waals surface area contributed by atoms with Gasteiger partial charge in [0, 0.05) is 12.7 Å². The van der Waals surface area contributed by atoms with E-state index in [2.05, 4.69) is 49.2 Å². The Morgan fingerprint density at radius 3 is 2.90 bits per heavy atom. The Bertz CT molecular complexity index is 554. The fourth-order valence-corrected chi connectivity index (χ4v) is 3.08. The Kier molecular flexibility index (Phi) is 5.83. The van der Waals surface area contributed by atoms with Crippen LogP contribution in [0.3, 0.4) is 0 Å². The van der Waals surface area contributed by atoms with Gasteiger partial charge in [0.25, 0.3) is 0 Å². The first-order valence-electron chi connectivity index (χ1n) is 6.35. The molecule has 1 N–H and O–H groups in total. The molecule has 2 aromatic rings. The molecule has 0 aliphatic rings. The lowest BCUT2D eigenvalue weighted by molar-refractivity contribution is 0.182. The summed E-state index contributed by atoms with van der Waals surface area (Å²) in [6.45, 7) is 4.23. The largest absolute Gasteiger partial charge is 0.457 e. The normalized spacial score (nSPS) is 12.8. The van der Waals surface area contributed by atoms with Crippen LogP contribution in [0.1, 0.15) is 24.2 Å². The average Bonchev–Trinajstić information content (AvgIpc) is 3.01. The maximum atomic E-state index is 5.36. The first-order valence-corrected chi connectivity index (χ1v) is 7.94. The third-order valence-corrected chi connectivity index (χ3v) is 4.23. The van der Waals surface area contributed by atoms with Gasteiger partial charge in [0.2, 0.25) is 0 Å². The van der Waals surface area contributed by atoms with E-state index in [0.29, 0.717) is 13.2 Å². The fraction of sp³-hybridized carbons (Fsp3) is 0.462. The van der Waals surface area contributed by atoms with Crippen molar-refractivity contribution in [1.29, 1.82) is 0 Å². The second-order valence-corrected chi connectivity index (χ2v) is 5.81. The summed E-state index contributed by atoms with van der Waals surface area (Å²) in [5, 5.41) is 7.86. The molecule has 0 saturated heterocycles. The van der Waals surface area contributed by atoms with E-state index >= 15 is 0 Å². The lowest BCUT2D eigenvalue weighted by atomic mass is 10.1. The summed E-state index contributed by atoms with van der Waals surface area (Å²) in [7, 11) is 1.69. The lowest BCUT2D eigenvalue weighted by Gasteiger charge is -2.19. The number of furan rings is 1. The molecule has 2 aromatic heterocycles. The van der Waals surface area contributed by atoms with Gasteiger partial charge in [-0.3, -0.25) is 4.68 Å². The number of ether oxygens (including phenoxy) is 1. The minimum atomic E-state index is 0.00172. The Labute approximate surface area is 134 Å². The van der Waals surface area contributed by atoms with Crippen LogP contribution in [0, 0.1) is 0 Å². The first-order chi connectivity index (χ1) is 9.69. The smallest absolute Gasteiger partial charge is 0.174 e. The van der Waals surface area contributed by atoms with Gasteiger partial charge in [-0.15, -0.1) is 0 Å². The van der Waals surface area contributed by atoms with E-state index in [4.69, 9.17) is 9.15 Å². The Hall–Kier alpha value is -0.630. The Balaban J connectivity index is 2.39. The van der Waals surface area contributed by atoms with Gasteiger partial charge in [-0.25, -0.2) is 0 Å². The van der Waals surface area contributed by atoms with Crippen molar-refractivity contribution < 1.29 is 9.15 Å². The summed E-state index contributed by atoms with van der Waals surface area (Å²) in [6.07, 6.45) is 3.48. The zero-order chi connectivity index (χ0) is 14.5. The van der Waals surface area contributed by atoms with E-state index in [0.717, 1.165) is 26.9 Å². The van der Waals surface area contributed by atoms with Crippen LogP contribution in [-0.2, 0) is 11.3 Å². The number of hydrogen-bond acceptors (Lipinski definition) is 4. The van der Waals surface area contributed by atoms with Gasteiger partial charge in [0.15, 0.2) is 4.67 Å². The molecule has 0 aliphatic carbocycles. The average molecular weight is 407 g/mol. The van der Waals surface area contributed by atoms with Crippen LogP contribution < -0.4 is 5.32 Å². The van der Waals surface area contributed by atoms with E-state index < -0.39 is 0 Å². The maximum absolute atomic E-state index is 5.36. The van der Waals surface area contributed by atoms with E-state index in [-0.39, 0.29) is 6.04 Å². The highest BCUT2D eigenvalue weighted by molar-refractivity contribution is 9.10. The number of halogens is 2. The number of rotatable bonds is 7. The van der Waals surface area contributed by atoms with Crippen LogP contribution in [0.15, 0.2) is 32.1 Å². The second kappa shape index (κ2) is 7.40. The summed E-state index contributed by atoms with van der Waals surface area (Å²) < 4.78 is 14.1. The van der Waals surface area contributed by atoms with Crippen molar-refractivity contribution >= 4 is 31.9 Å². The molecule has 0 aromatic carbocycles. The van der Waals surface area contributed by atoms with Crippen molar-refractivity contribution in [3.63, 3.8) is 0 Å². The van der Waals surface area contributed by atoms with Crippen molar-refractivity contribution in [2.45, 2.75) is 19.5 Å². The fourth-order valence-electron chi connectivity index (χ4n) is 2.08. The van der Waals surface area contributed by atoms with Crippen LogP contribution in [0.4, 0.5) is 0 Å². The zero-order valence-corrected chi connectivity index (χ0v) is 14.6. The van der Waals surface area contributed by atoms with Gasteiger partial charge in [-0.1, -0.05) is 6.92 Å². The first kappa shape index (κ1) is 15.8. The van der Waals surface area contributed by atoms with Crippen LogP contribution >= 0.6 is 31.9 Å². The highest BCUT2D eigenvalue weighted by Gasteiger charge is 2.24. The molecule has 2 rings (SSSR count). The molecule has 0 amide bonds. The molecule has 2 heterocycles. The van der Waals surface area contributed by atoms with Crippen LogP contribution in [0.2, 0.25) is 0 Å². The molecule has 1 unspecified atom stereocenters. The third-order valence-electron chi connectivity index (χ3n) is 2.98. The summed E-state index contributed by atoms with van der Waals surface area (Å²) in [6, 6.07) is 1.96. The molecule has 20 heavy (non-hydrogen) atoms. The standard InChI is InChI=1S/C13H17Br2N3O2/c1-3-16-11(9-4-6-20-13(9)15)12-10(14)8-17-18(12)5-7-19-2/h4,6,8,11,16H,3,5,7H2,1-2H3. The summed E-state index contributed by atoms with van der Waals surface area (Å²) in [5.74, 6) is 0. The SMILES string of the molecule is CCNC(c1ccoc1Br)c1c(Br)cnn1CCOC. The molecular formula is C13H17Br2N3O2. The second-order valence-electron chi connectivity index (χ2n) is 4.23. The van der Waals surface area contributed by atoms with Crippen molar-refractivity contribution in [1.82, 2.24) is 15.1 Å². The maximum Gasteiger partial charge on any atom is 0.174 e. The van der Waals surface area contributed by atoms with Crippen LogP contribution in [0.25, 0.3) is 0 Å². The zero-order valence-electron chi connectivity index (χ0n) is 11.4. The number of methoxy groups -OCH3 is 1. The number of hydrogen-bond donors (Lipinski definition) is 1. The molecule has 1 atom stereocenters. The van der Waals surface area contributed by atoms with E-state index in [9.17, 15) is 0 Å². The van der Waals surface area contributed by atoms with Gasteiger partial charge in [-0.05, 0) is 44.5 Å². The van der Waals surface area contributed by atoms with Crippen molar-refractivity contribution in [3.8, 4) is 0 Å². The molecule has 0 bridgehead atoms. The van der Waals surface area contributed by atoms with Crippen molar-refractivity contribution in [2.75, 3.05) is 20.3 Å². The number of aromatic nitrogens is 2. The van der Waals surface area contributed by atoms with E-state index in [1.807, 2.05) is 16.9 Å². The van der Waals surface area contributed by atoms with Gasteiger partial charge >= 0.3 is 0 Å². The highest BCUT2D eigenvalue weighted by atomic mass is 79.9. The Morgan fingerprint density at radius 1 is 1.50 bits per heavy atom. The summed E-state index contributed by atoms with van der Waals surface area (Å²) in [5.41, 5.74) is 2.11.